The van der Waals surface area contributed by atoms with E-state index in [-0.39, 0.29) is 0 Å². The van der Waals surface area contributed by atoms with Crippen molar-refractivity contribution in [3.63, 3.8) is 0 Å². The van der Waals surface area contributed by atoms with Crippen LogP contribution in [-0.2, 0) is 18.6 Å². The van der Waals surface area contributed by atoms with Gasteiger partial charge in [0.15, 0.2) is 0 Å². The lowest BCUT2D eigenvalue weighted by atomic mass is 9.64. The largest absolute Gasteiger partial charge is 0.494 e. The third kappa shape index (κ3) is 3.55. The predicted octanol–water partition coefficient (Wildman–Crippen LogP) is 4.31. The first kappa shape index (κ1) is 20.5. The van der Waals surface area contributed by atoms with E-state index in [1.165, 1.54) is 0 Å². The minimum absolute atomic E-state index is 0.410. The number of hydrogen-bond acceptors (Lipinski definition) is 4. The molecule has 2 aliphatic rings. The molecule has 0 aromatic heterocycles. The van der Waals surface area contributed by atoms with Crippen molar-refractivity contribution in [3.05, 3.63) is 35.8 Å². The fraction of sp³-hybridized carbons (Fsp3) is 0.684. The minimum Gasteiger partial charge on any atom is -0.399 e. The molecule has 2 heterocycles. The third-order valence-corrected chi connectivity index (χ3v) is 5.91. The fourth-order valence-electron chi connectivity index (χ4n) is 2.78. The van der Waals surface area contributed by atoms with Crippen molar-refractivity contribution in [2.45, 2.75) is 84.7 Å². The summed E-state index contributed by atoms with van der Waals surface area (Å²) >= 11 is 0. The molecule has 2 fully saturated rings. The molecule has 138 valence electrons. The fourth-order valence-corrected chi connectivity index (χ4v) is 2.78. The molecule has 0 saturated carbocycles. The highest BCUT2D eigenvalue weighted by Gasteiger charge is 2.56. The van der Waals surface area contributed by atoms with Crippen LogP contribution in [0.3, 0.4) is 0 Å². The summed E-state index contributed by atoms with van der Waals surface area (Å²) in [5, 5.41) is 0. The van der Waals surface area contributed by atoms with Gasteiger partial charge in [-0.15, -0.1) is 0 Å². The molecule has 0 spiro atoms. The molecule has 0 aliphatic carbocycles. The van der Waals surface area contributed by atoms with E-state index in [1.807, 2.05) is 74.5 Å². The van der Waals surface area contributed by atoms with Crippen LogP contribution in [0.5, 0.6) is 0 Å². The molecular weight excluding hydrogens is 314 g/mol. The highest BCUT2D eigenvalue weighted by molar-refractivity contribution is 6.63. The van der Waals surface area contributed by atoms with Crippen LogP contribution in [0.15, 0.2) is 35.8 Å². The van der Waals surface area contributed by atoms with E-state index < -0.39 is 36.6 Å². The molecule has 25 heavy (non-hydrogen) atoms. The lowest BCUT2D eigenvalue weighted by molar-refractivity contribution is 0.00578. The Kier molecular flexibility index (Phi) is 5.26. The minimum atomic E-state index is -0.507. The average Bonchev–Trinajstić information content (AvgIpc) is 2.78. The lowest BCUT2D eigenvalue weighted by Gasteiger charge is -2.32. The Morgan fingerprint density at radius 1 is 0.680 bits per heavy atom. The van der Waals surface area contributed by atoms with Gasteiger partial charge in [0.1, 0.15) is 0 Å². The summed E-state index contributed by atoms with van der Waals surface area (Å²) in [6, 6.07) is 0. The molecule has 6 heteroatoms. The second-order valence-corrected chi connectivity index (χ2v) is 8.79. The molecule has 0 aromatic rings. The van der Waals surface area contributed by atoms with E-state index in [0.29, 0.717) is 0 Å². The van der Waals surface area contributed by atoms with Crippen molar-refractivity contribution < 1.29 is 18.6 Å². The average molecular weight is 346 g/mol. The molecule has 2 aliphatic heterocycles. The van der Waals surface area contributed by atoms with Gasteiger partial charge >= 0.3 is 14.2 Å². The quantitative estimate of drug-likeness (QED) is 0.562. The van der Waals surface area contributed by atoms with E-state index in [2.05, 4.69) is 6.58 Å². The number of hydrogen-bond donors (Lipinski definition) is 0. The zero-order chi connectivity index (χ0) is 19.3. The van der Waals surface area contributed by atoms with Crippen LogP contribution in [0.1, 0.15) is 62.3 Å². The first-order chi connectivity index (χ1) is 11.3. The van der Waals surface area contributed by atoms with Crippen molar-refractivity contribution >= 4 is 14.2 Å². The highest BCUT2D eigenvalue weighted by atomic mass is 16.7. The second kappa shape index (κ2) is 6.41. The maximum Gasteiger partial charge on any atom is 0.494 e. The van der Waals surface area contributed by atoms with E-state index in [4.69, 9.17) is 18.6 Å². The van der Waals surface area contributed by atoms with Crippen molar-refractivity contribution in [2.24, 2.45) is 0 Å². The molecule has 0 unspecified atom stereocenters. The van der Waals surface area contributed by atoms with Gasteiger partial charge in [-0.05, 0) is 73.3 Å². The molecule has 0 amide bonds. The number of allylic oxidation sites excluding steroid dienone is 5. The van der Waals surface area contributed by atoms with Crippen molar-refractivity contribution in [1.82, 2.24) is 0 Å². The van der Waals surface area contributed by atoms with Gasteiger partial charge in [0.25, 0.3) is 0 Å². The maximum absolute atomic E-state index is 6.23. The summed E-state index contributed by atoms with van der Waals surface area (Å²) in [6.07, 6.45) is 5.74. The standard InChI is InChI=1S/C19H32B2O4/c1-11-13-15(21-24-18(7,8)19(9,10)25-21)14(12-2)20-22-16(3,4)17(5,6)23-20/h11-13H,2H2,1,3-10H3/b13-11-,15-14-. The molecular formula is C19H32B2O4. The summed E-state index contributed by atoms with van der Waals surface area (Å²) in [6.45, 7) is 22.3. The maximum atomic E-state index is 6.23. The van der Waals surface area contributed by atoms with Gasteiger partial charge in [-0.2, -0.15) is 0 Å². The normalized spacial score (nSPS) is 27.7. The van der Waals surface area contributed by atoms with Crippen LogP contribution in [0, 0.1) is 0 Å². The molecule has 2 rings (SSSR count). The van der Waals surface area contributed by atoms with E-state index >= 15 is 0 Å². The topological polar surface area (TPSA) is 36.9 Å². The molecule has 0 N–H and O–H groups in total. The molecule has 0 aromatic carbocycles. The summed E-state index contributed by atoms with van der Waals surface area (Å²) in [4.78, 5) is 0. The molecule has 2 saturated heterocycles. The first-order valence-corrected chi connectivity index (χ1v) is 8.98. The van der Waals surface area contributed by atoms with E-state index in [9.17, 15) is 0 Å². The Bertz CT molecular complexity index is 571. The Balaban J connectivity index is 2.45. The monoisotopic (exact) mass is 346 g/mol. The molecule has 0 atom stereocenters. The highest BCUT2D eigenvalue weighted by Crippen LogP contribution is 2.42. The van der Waals surface area contributed by atoms with Gasteiger partial charge in [0.05, 0.1) is 22.4 Å². The van der Waals surface area contributed by atoms with E-state index in [0.717, 1.165) is 10.9 Å². The third-order valence-electron chi connectivity index (χ3n) is 5.91. The van der Waals surface area contributed by atoms with Gasteiger partial charge in [-0.25, -0.2) is 0 Å². The molecule has 0 bridgehead atoms. The van der Waals surface area contributed by atoms with Crippen LogP contribution in [0.4, 0.5) is 0 Å². The molecule has 0 radical (unpaired) electrons. The van der Waals surface area contributed by atoms with Crippen molar-refractivity contribution in [2.75, 3.05) is 0 Å². The lowest BCUT2D eigenvalue weighted by Crippen LogP contribution is -2.41. The zero-order valence-electron chi connectivity index (χ0n) is 17.2. The van der Waals surface area contributed by atoms with Gasteiger partial charge in [-0.3, -0.25) is 0 Å². The predicted molar refractivity (Wildman–Crippen MR) is 104 cm³/mol. The second-order valence-electron chi connectivity index (χ2n) is 8.79. The van der Waals surface area contributed by atoms with Crippen molar-refractivity contribution in [1.29, 1.82) is 0 Å². The smallest absolute Gasteiger partial charge is 0.399 e. The first-order valence-electron chi connectivity index (χ1n) is 8.98. The van der Waals surface area contributed by atoms with Crippen LogP contribution in [-0.4, -0.2) is 36.6 Å². The van der Waals surface area contributed by atoms with Crippen LogP contribution in [0.25, 0.3) is 0 Å². The van der Waals surface area contributed by atoms with Crippen LogP contribution in [0.2, 0.25) is 0 Å². The van der Waals surface area contributed by atoms with E-state index in [1.54, 1.807) is 6.08 Å². The van der Waals surface area contributed by atoms with Crippen LogP contribution < -0.4 is 0 Å². The Labute approximate surface area is 153 Å². The summed E-state index contributed by atoms with van der Waals surface area (Å²) in [5.41, 5.74) is 0.0792. The Morgan fingerprint density at radius 2 is 1.00 bits per heavy atom. The number of rotatable bonds is 4. The van der Waals surface area contributed by atoms with Gasteiger partial charge in [0.2, 0.25) is 0 Å². The van der Waals surface area contributed by atoms with Crippen LogP contribution >= 0.6 is 0 Å². The van der Waals surface area contributed by atoms with Gasteiger partial charge in [0, 0.05) is 0 Å². The van der Waals surface area contributed by atoms with Gasteiger partial charge < -0.3 is 18.6 Å². The van der Waals surface area contributed by atoms with Crippen molar-refractivity contribution in [3.8, 4) is 0 Å². The summed E-state index contributed by atoms with van der Waals surface area (Å²) in [5.74, 6) is 0. The SMILES string of the molecule is C=C/C(B1OC(C)(C)C(C)(C)O1)=C(\C=C/C)B1OC(C)(C)C(C)(C)O1. The zero-order valence-corrected chi connectivity index (χ0v) is 17.2. The summed E-state index contributed by atoms with van der Waals surface area (Å²) in [7, 11) is -0.999. The molecule has 4 nitrogen and oxygen atoms in total. The summed E-state index contributed by atoms with van der Waals surface area (Å²) < 4.78 is 24.9. The Hall–Kier alpha value is -0.810. The Morgan fingerprint density at radius 3 is 1.28 bits per heavy atom. The van der Waals surface area contributed by atoms with Gasteiger partial charge in [-0.1, -0.05) is 24.8 Å².